The van der Waals surface area contributed by atoms with E-state index in [1.54, 1.807) is 0 Å². The van der Waals surface area contributed by atoms with Gasteiger partial charge in [0.1, 0.15) is 17.4 Å². The van der Waals surface area contributed by atoms with Gasteiger partial charge >= 0.3 is 6.09 Å². The summed E-state index contributed by atoms with van der Waals surface area (Å²) in [6.07, 6.45) is 1.18. The Morgan fingerprint density at radius 2 is 2.04 bits per heavy atom. The van der Waals surface area contributed by atoms with Crippen LogP contribution in [0.3, 0.4) is 0 Å². The van der Waals surface area contributed by atoms with Crippen molar-refractivity contribution < 1.29 is 23.8 Å². The number of anilines is 2. The molecule has 0 saturated carbocycles. The summed E-state index contributed by atoms with van der Waals surface area (Å²) in [5.41, 5.74) is 5.77. The maximum atomic E-state index is 13.8. The van der Waals surface area contributed by atoms with E-state index in [2.05, 4.69) is 9.97 Å². The molecule has 1 aromatic carbocycles. The van der Waals surface area contributed by atoms with E-state index in [1.807, 2.05) is 0 Å². The highest BCUT2D eigenvalue weighted by Crippen LogP contribution is 2.27. The lowest BCUT2D eigenvalue weighted by atomic mass is 10.0. The highest BCUT2D eigenvalue weighted by molar-refractivity contribution is 6.07. The van der Waals surface area contributed by atoms with E-state index in [0.29, 0.717) is 12.8 Å². The van der Waals surface area contributed by atoms with Crippen LogP contribution in [0.5, 0.6) is 5.75 Å². The normalized spacial score (nSPS) is 14.6. The number of hydrogen-bond acceptors (Lipinski definition) is 6. The molecule has 2 aromatic rings. The Morgan fingerprint density at radius 3 is 2.64 bits per heavy atom. The molecule has 148 valence electrons. The first kappa shape index (κ1) is 19.3. The Kier molecular flexibility index (Phi) is 5.57. The van der Waals surface area contributed by atoms with Gasteiger partial charge in [-0.25, -0.2) is 14.2 Å². The number of carboxylic acid groups (broad SMARTS) is 1. The number of benzene rings is 1. The summed E-state index contributed by atoms with van der Waals surface area (Å²) in [5, 5.41) is 9.15. The van der Waals surface area contributed by atoms with E-state index < -0.39 is 17.8 Å². The van der Waals surface area contributed by atoms with E-state index in [9.17, 15) is 14.0 Å². The minimum absolute atomic E-state index is 0.0224. The second-order valence-corrected chi connectivity index (χ2v) is 6.30. The van der Waals surface area contributed by atoms with Gasteiger partial charge in [-0.1, -0.05) is 0 Å². The van der Waals surface area contributed by atoms with Crippen molar-refractivity contribution in [2.75, 3.05) is 30.8 Å². The largest absolute Gasteiger partial charge is 0.496 e. The van der Waals surface area contributed by atoms with Crippen LogP contribution >= 0.6 is 0 Å². The molecule has 1 saturated heterocycles. The summed E-state index contributed by atoms with van der Waals surface area (Å²) in [6.45, 7) is 0.513. The van der Waals surface area contributed by atoms with Crippen LogP contribution in [-0.2, 0) is 0 Å². The quantitative estimate of drug-likeness (QED) is 0.820. The number of carbonyl (C=O) groups is 2. The van der Waals surface area contributed by atoms with Gasteiger partial charge in [-0.3, -0.25) is 9.69 Å². The predicted molar refractivity (Wildman–Crippen MR) is 98.8 cm³/mol. The van der Waals surface area contributed by atoms with E-state index in [-0.39, 0.29) is 42.2 Å². The molecule has 0 radical (unpaired) electrons. The van der Waals surface area contributed by atoms with Gasteiger partial charge in [0.15, 0.2) is 0 Å². The Hall–Kier alpha value is -3.43. The average molecular weight is 389 g/mol. The first-order valence-corrected chi connectivity index (χ1v) is 8.64. The molecule has 0 spiro atoms. The molecule has 10 heteroatoms. The second-order valence-electron chi connectivity index (χ2n) is 6.30. The zero-order chi connectivity index (χ0) is 20.3. The number of nitrogens with two attached hydrogens (primary N) is 1. The Bertz CT molecular complexity index is 886. The number of rotatable bonds is 4. The van der Waals surface area contributed by atoms with Crippen LogP contribution in [0.2, 0.25) is 0 Å². The number of piperidine rings is 1. The van der Waals surface area contributed by atoms with E-state index >= 15 is 0 Å². The number of likely N-dealkylation sites (tertiary alicyclic amines) is 1. The Labute approximate surface area is 160 Å². The highest BCUT2D eigenvalue weighted by atomic mass is 19.1. The molecule has 1 aliphatic rings. The van der Waals surface area contributed by atoms with Crippen LogP contribution in [-0.4, -0.2) is 58.2 Å². The summed E-state index contributed by atoms with van der Waals surface area (Å²) < 4.78 is 19.0. The Morgan fingerprint density at radius 1 is 1.32 bits per heavy atom. The maximum absolute atomic E-state index is 13.8. The van der Waals surface area contributed by atoms with E-state index in [4.69, 9.17) is 15.6 Å². The van der Waals surface area contributed by atoms with Crippen LogP contribution in [0.4, 0.5) is 21.0 Å². The first-order valence-electron chi connectivity index (χ1n) is 8.64. The number of carbonyl (C=O) groups excluding carboxylic acids is 1. The summed E-state index contributed by atoms with van der Waals surface area (Å²) in [5.74, 6) is -0.667. The number of hydrogen-bond donors (Lipinski definition) is 2. The van der Waals surface area contributed by atoms with E-state index in [1.165, 1.54) is 41.3 Å². The predicted octanol–water partition coefficient (Wildman–Crippen LogP) is 2.00. The number of nitrogen functional groups attached to an aromatic ring is 1. The monoisotopic (exact) mass is 389 g/mol. The zero-order valence-corrected chi connectivity index (χ0v) is 15.2. The topological polar surface area (TPSA) is 122 Å². The standard InChI is InChI=1S/C18H20FN5O4/c1-28-14-3-2-11(19)10-13(14)16(25)24(17-21-7-4-15(20)22-17)12-5-8-23(9-6-12)18(26)27/h2-4,7,10,12H,5-6,8-9H2,1H3,(H,26,27)(H2,20,21,22). The smallest absolute Gasteiger partial charge is 0.407 e. The lowest BCUT2D eigenvalue weighted by Gasteiger charge is -2.36. The summed E-state index contributed by atoms with van der Waals surface area (Å²) in [7, 11) is 1.39. The van der Waals surface area contributed by atoms with Crippen molar-refractivity contribution in [3.63, 3.8) is 0 Å². The zero-order valence-electron chi connectivity index (χ0n) is 15.2. The average Bonchev–Trinajstić information content (AvgIpc) is 2.68. The number of amides is 2. The van der Waals surface area contributed by atoms with Gasteiger partial charge in [0, 0.05) is 25.3 Å². The van der Waals surface area contributed by atoms with Crippen molar-refractivity contribution in [2.45, 2.75) is 18.9 Å². The van der Waals surface area contributed by atoms with E-state index in [0.717, 1.165) is 6.07 Å². The molecule has 0 atom stereocenters. The molecular weight excluding hydrogens is 369 g/mol. The molecule has 2 heterocycles. The number of aromatic nitrogens is 2. The van der Waals surface area contributed by atoms with Gasteiger partial charge < -0.3 is 20.5 Å². The van der Waals surface area contributed by atoms with Crippen LogP contribution in [0.1, 0.15) is 23.2 Å². The third-order valence-electron chi connectivity index (χ3n) is 4.59. The molecular formula is C18H20FN5O4. The molecule has 2 amide bonds. The molecule has 3 N–H and O–H groups in total. The maximum Gasteiger partial charge on any atom is 0.407 e. The van der Waals surface area contributed by atoms with Crippen molar-refractivity contribution in [2.24, 2.45) is 0 Å². The molecule has 1 aliphatic heterocycles. The molecule has 0 bridgehead atoms. The molecule has 0 aliphatic carbocycles. The lowest BCUT2D eigenvalue weighted by molar-refractivity contribution is 0.0951. The molecule has 28 heavy (non-hydrogen) atoms. The summed E-state index contributed by atoms with van der Waals surface area (Å²) in [4.78, 5) is 35.4. The SMILES string of the molecule is COc1ccc(F)cc1C(=O)N(c1nccc(N)n1)C1CCN(C(=O)O)CC1. The molecule has 0 unspecified atom stereocenters. The lowest BCUT2D eigenvalue weighted by Crippen LogP contribution is -2.49. The number of ether oxygens (including phenoxy) is 1. The minimum atomic E-state index is -1.01. The van der Waals surface area contributed by atoms with Crippen LogP contribution in [0.25, 0.3) is 0 Å². The van der Waals surface area contributed by atoms with Gasteiger partial charge in [0.2, 0.25) is 5.95 Å². The number of nitrogens with zero attached hydrogens (tertiary/aromatic N) is 4. The molecule has 9 nitrogen and oxygen atoms in total. The van der Waals surface area contributed by atoms with Gasteiger partial charge in [0.25, 0.3) is 5.91 Å². The number of methoxy groups -OCH3 is 1. The minimum Gasteiger partial charge on any atom is -0.496 e. The van der Waals surface area contributed by atoms with Crippen LogP contribution in [0.15, 0.2) is 30.5 Å². The summed E-state index contributed by atoms with van der Waals surface area (Å²) >= 11 is 0. The summed E-state index contributed by atoms with van der Waals surface area (Å²) in [6, 6.07) is 4.77. The second kappa shape index (κ2) is 8.07. The van der Waals surface area contributed by atoms with Gasteiger partial charge in [-0.05, 0) is 37.1 Å². The van der Waals surface area contributed by atoms with Crippen LogP contribution in [0, 0.1) is 5.82 Å². The van der Waals surface area contributed by atoms with Crippen LogP contribution < -0.4 is 15.4 Å². The number of halogens is 1. The van der Waals surface area contributed by atoms with Gasteiger partial charge in [-0.2, -0.15) is 4.98 Å². The fraction of sp³-hybridized carbons (Fsp3) is 0.333. The Balaban J connectivity index is 1.99. The fourth-order valence-corrected chi connectivity index (χ4v) is 3.19. The fourth-order valence-electron chi connectivity index (χ4n) is 3.19. The van der Waals surface area contributed by atoms with Crippen molar-refractivity contribution in [3.8, 4) is 5.75 Å². The van der Waals surface area contributed by atoms with Crippen molar-refractivity contribution >= 4 is 23.8 Å². The van der Waals surface area contributed by atoms with Gasteiger partial charge in [-0.15, -0.1) is 0 Å². The highest BCUT2D eigenvalue weighted by Gasteiger charge is 2.34. The third-order valence-corrected chi connectivity index (χ3v) is 4.59. The van der Waals surface area contributed by atoms with Crippen molar-refractivity contribution in [3.05, 3.63) is 41.8 Å². The van der Waals surface area contributed by atoms with Crippen molar-refractivity contribution in [1.29, 1.82) is 0 Å². The first-order chi connectivity index (χ1) is 13.4. The molecule has 1 fully saturated rings. The van der Waals surface area contributed by atoms with Gasteiger partial charge in [0.05, 0.1) is 12.7 Å². The molecule has 1 aromatic heterocycles. The third kappa shape index (κ3) is 3.95. The van der Waals surface area contributed by atoms with Crippen molar-refractivity contribution in [1.82, 2.24) is 14.9 Å². The molecule has 3 rings (SSSR count).